The number of hydrogen-bond acceptors (Lipinski definition) is 14. The second-order valence-corrected chi connectivity index (χ2v) is 19.3. The maximum Gasteiger partial charge on any atom is 0.280 e. The molecule has 22 heteroatoms. The maximum atomic E-state index is 14.1. The summed E-state index contributed by atoms with van der Waals surface area (Å²) in [4.78, 5) is 42.4. The van der Waals surface area contributed by atoms with Crippen LogP contribution in [0.5, 0.6) is 11.5 Å². The van der Waals surface area contributed by atoms with Gasteiger partial charge in [0, 0.05) is 86.8 Å². The van der Waals surface area contributed by atoms with E-state index in [0.29, 0.717) is 86.1 Å². The van der Waals surface area contributed by atoms with Gasteiger partial charge in [0.1, 0.15) is 52.2 Å². The molecule has 6 aromatic rings. The number of fused-ring (bicyclic) bond motifs is 2. The van der Waals surface area contributed by atoms with Gasteiger partial charge in [-0.1, -0.05) is 0 Å². The van der Waals surface area contributed by atoms with Gasteiger partial charge in [0.15, 0.2) is 17.4 Å². The number of Topliss-reactive ketones (excluding diaryl/α,β-unsaturated/α-hetero) is 1. The van der Waals surface area contributed by atoms with Crippen molar-refractivity contribution in [1.29, 1.82) is 0 Å². The zero-order valence-corrected chi connectivity index (χ0v) is 41.3. The highest BCUT2D eigenvalue weighted by Crippen LogP contribution is 2.38. The van der Waals surface area contributed by atoms with Crippen LogP contribution in [0.4, 0.5) is 26.3 Å². The van der Waals surface area contributed by atoms with Crippen molar-refractivity contribution in [2.24, 2.45) is 0 Å². The Kier molecular flexibility index (Phi) is 16.9. The summed E-state index contributed by atoms with van der Waals surface area (Å²) in [5.74, 6) is -6.47. The van der Waals surface area contributed by atoms with Crippen molar-refractivity contribution < 1.29 is 74.5 Å². The van der Waals surface area contributed by atoms with Crippen LogP contribution in [-0.4, -0.2) is 104 Å². The SMILES string of the molecule is O=C1CCC2(CC1)OCCO2.O=c1ncn(Cc2c(F)cc(F)cc2F)c2ccc(O)cc12.O=c1ncn(Cc2c(F)cc(F)cc2F)c2ccc(OC3CCC4(CC3)OCCO4)cc12.OC1CCC2(CC1)OCCO2. The molecule has 0 bridgehead atoms. The number of carbonyl (C=O) groups is 1. The third-order valence-electron chi connectivity index (χ3n) is 14.2. The van der Waals surface area contributed by atoms with Gasteiger partial charge in [-0.15, -0.1) is 0 Å². The van der Waals surface area contributed by atoms with Crippen molar-refractivity contribution in [3.05, 3.63) is 140 Å². The summed E-state index contributed by atoms with van der Waals surface area (Å²) in [7, 11) is 0. The van der Waals surface area contributed by atoms with Gasteiger partial charge in [-0.2, -0.15) is 9.97 Å². The third kappa shape index (κ3) is 12.9. The van der Waals surface area contributed by atoms with Gasteiger partial charge < -0.3 is 52.5 Å². The molecule has 0 amide bonds. The lowest BCUT2D eigenvalue weighted by atomic mass is 9.92. The van der Waals surface area contributed by atoms with Crippen LogP contribution in [0.3, 0.4) is 0 Å². The van der Waals surface area contributed by atoms with Crippen molar-refractivity contribution in [2.75, 3.05) is 39.6 Å². The molecule has 0 atom stereocenters. The Hall–Kier alpha value is -6.27. The number of aliphatic hydroxyl groups excluding tert-OH is 1. The van der Waals surface area contributed by atoms with Crippen molar-refractivity contribution >= 4 is 27.6 Å². The lowest BCUT2D eigenvalue weighted by Gasteiger charge is -2.35. The quantitative estimate of drug-likeness (QED) is 0.152. The standard InChI is InChI=1S/C23H21F3N2O4.C15H9F3N2O2.C8H14O3.C8H12O3/c24-14-9-19(25)18(20(26)10-14)12-28-13-27-22(29)17-11-16(1-2-21(17)28)32-15-3-5-23(6-4-15)30-7-8-31-23;16-8-3-12(17)11(13(18)4-8)6-20-7-19-15(22)10-5-9(21)1-2-14(10)20;2*9-7-1-3-8(4-2-7)10-5-6-11-8/h1-2,9-11,13,15H,3-8,12H2;1-5,7,21H,6H2;7,9H,1-6H2;1-6H2. The van der Waals surface area contributed by atoms with Crippen molar-refractivity contribution in [3.8, 4) is 11.5 Å². The minimum absolute atomic E-state index is 0.0350. The van der Waals surface area contributed by atoms with Gasteiger partial charge in [0.25, 0.3) is 11.1 Å². The molecule has 3 saturated carbocycles. The molecule has 12 rings (SSSR count). The predicted octanol–water partition coefficient (Wildman–Crippen LogP) is 8.03. The fraction of sp³-hybridized carbons (Fsp3) is 0.463. The second kappa shape index (κ2) is 23.5. The highest BCUT2D eigenvalue weighted by Gasteiger charge is 2.42. The molecule has 3 aliphatic carbocycles. The number of aromatic nitrogens is 4. The van der Waals surface area contributed by atoms with E-state index in [4.69, 9.17) is 33.2 Å². The van der Waals surface area contributed by atoms with Gasteiger partial charge in [0.2, 0.25) is 0 Å². The molecule has 0 unspecified atom stereocenters. The molecule has 5 heterocycles. The predicted molar refractivity (Wildman–Crippen MR) is 259 cm³/mol. The Balaban J connectivity index is 0.000000137. The molecule has 16 nitrogen and oxygen atoms in total. The number of halogens is 6. The Morgan fingerprint density at radius 1 is 0.539 bits per heavy atom. The zero-order valence-electron chi connectivity index (χ0n) is 41.3. The Bertz CT molecular complexity index is 3100. The fourth-order valence-corrected chi connectivity index (χ4v) is 10.2. The van der Waals surface area contributed by atoms with E-state index >= 15 is 0 Å². The number of carbonyl (C=O) groups excluding carboxylic acids is 1. The Morgan fingerprint density at radius 3 is 1.38 bits per heavy atom. The summed E-state index contributed by atoms with van der Waals surface area (Å²) >= 11 is 0. The van der Waals surface area contributed by atoms with Crippen molar-refractivity contribution in [3.63, 3.8) is 0 Å². The van der Waals surface area contributed by atoms with Crippen LogP contribution < -0.4 is 15.9 Å². The van der Waals surface area contributed by atoms with Crippen LogP contribution >= 0.6 is 0 Å². The first-order valence-electron chi connectivity index (χ1n) is 25.1. The van der Waals surface area contributed by atoms with E-state index in [0.717, 1.165) is 83.7 Å². The van der Waals surface area contributed by atoms with Crippen LogP contribution in [-0.2, 0) is 46.3 Å². The number of ketones is 1. The van der Waals surface area contributed by atoms with E-state index in [1.807, 2.05) is 0 Å². The summed E-state index contributed by atoms with van der Waals surface area (Å²) in [5.41, 5.74) is -0.914. The van der Waals surface area contributed by atoms with Crippen LogP contribution in [0, 0.1) is 34.9 Å². The number of aromatic hydroxyl groups is 1. The van der Waals surface area contributed by atoms with E-state index < -0.39 is 51.8 Å². The molecule has 2 aromatic heterocycles. The number of benzene rings is 4. The highest BCUT2D eigenvalue weighted by atomic mass is 19.2. The van der Waals surface area contributed by atoms with Crippen LogP contribution in [0.25, 0.3) is 21.8 Å². The van der Waals surface area contributed by atoms with E-state index in [-0.39, 0.29) is 64.5 Å². The number of phenols is 1. The van der Waals surface area contributed by atoms with Crippen LogP contribution in [0.1, 0.15) is 88.2 Å². The molecular formula is C54H56F6N4O12. The number of hydrogen-bond donors (Lipinski definition) is 2. The smallest absolute Gasteiger partial charge is 0.280 e. The van der Waals surface area contributed by atoms with Crippen LogP contribution in [0.2, 0.25) is 0 Å². The third-order valence-corrected chi connectivity index (χ3v) is 14.2. The topological polar surface area (TPSA) is 192 Å². The first-order valence-corrected chi connectivity index (χ1v) is 25.1. The monoisotopic (exact) mass is 1070 g/mol. The minimum atomic E-state index is -1.02. The summed E-state index contributed by atoms with van der Waals surface area (Å²) in [6, 6.07) is 11.4. The second-order valence-electron chi connectivity index (χ2n) is 19.3. The lowest BCUT2D eigenvalue weighted by Crippen LogP contribution is -2.38. The van der Waals surface area contributed by atoms with Gasteiger partial charge in [-0.05, 0) is 62.1 Å². The number of ether oxygens (including phenoxy) is 7. The largest absolute Gasteiger partial charge is 0.508 e. The first kappa shape index (κ1) is 54.5. The molecule has 3 aliphatic heterocycles. The highest BCUT2D eigenvalue weighted by molar-refractivity contribution is 5.81. The van der Waals surface area contributed by atoms with E-state index in [1.165, 1.54) is 33.7 Å². The molecule has 76 heavy (non-hydrogen) atoms. The van der Waals surface area contributed by atoms with Crippen molar-refractivity contribution in [1.82, 2.24) is 19.1 Å². The van der Waals surface area contributed by atoms with Crippen molar-refractivity contribution in [2.45, 2.75) is 120 Å². The number of phenolic OH excluding ortho intramolecular Hbond substituents is 1. The Labute approximate surface area is 431 Å². The molecule has 0 radical (unpaired) electrons. The summed E-state index contributed by atoms with van der Waals surface area (Å²) in [5, 5.41) is 19.0. The normalized spacial score (nSPS) is 20.5. The van der Waals surface area contributed by atoms with Gasteiger partial charge in [-0.3, -0.25) is 14.4 Å². The fourth-order valence-electron chi connectivity index (χ4n) is 10.2. The molecule has 4 aromatic carbocycles. The van der Waals surface area contributed by atoms with Gasteiger partial charge in [0.05, 0.1) is 99.4 Å². The minimum Gasteiger partial charge on any atom is -0.508 e. The number of nitrogens with zero attached hydrogens (tertiary/aromatic N) is 4. The van der Waals surface area contributed by atoms with Crippen LogP contribution in [0.15, 0.2) is 82.9 Å². The molecule has 2 N–H and O–H groups in total. The lowest BCUT2D eigenvalue weighted by molar-refractivity contribution is -0.187. The summed E-state index contributed by atoms with van der Waals surface area (Å²) in [6.07, 6.45) is 11.3. The maximum absolute atomic E-state index is 14.1. The molecule has 6 fully saturated rings. The zero-order chi connectivity index (χ0) is 53.6. The van der Waals surface area contributed by atoms with Gasteiger partial charge in [-0.25, -0.2) is 26.3 Å². The molecule has 406 valence electrons. The molecule has 3 spiro atoms. The number of aliphatic hydroxyl groups is 1. The first-order chi connectivity index (χ1) is 36.5. The Morgan fingerprint density at radius 2 is 0.934 bits per heavy atom. The molecular weight excluding hydrogens is 1010 g/mol. The molecule has 3 saturated heterocycles. The number of rotatable bonds is 6. The summed E-state index contributed by atoms with van der Waals surface area (Å²) in [6.45, 7) is 3.52. The average molecular weight is 1070 g/mol. The average Bonchev–Trinajstić information content (AvgIpc) is 4.19. The van der Waals surface area contributed by atoms with E-state index in [2.05, 4.69) is 9.97 Å². The van der Waals surface area contributed by atoms with Gasteiger partial charge >= 0.3 is 0 Å². The van der Waals surface area contributed by atoms with E-state index in [9.17, 15) is 50.9 Å². The summed E-state index contributed by atoms with van der Waals surface area (Å²) < 4.78 is 124. The molecule has 6 aliphatic rings. The van der Waals surface area contributed by atoms with E-state index in [1.54, 1.807) is 18.2 Å².